The minimum atomic E-state index is -2.95. The van der Waals surface area contributed by atoms with E-state index in [1.54, 1.807) is 55.0 Å². The number of fused-ring (bicyclic) bond motifs is 1. The van der Waals surface area contributed by atoms with Crippen LogP contribution >= 0.6 is 0 Å². The van der Waals surface area contributed by atoms with Gasteiger partial charge in [0.1, 0.15) is 23.0 Å². The first-order valence-electron chi connectivity index (χ1n) is 12.4. The summed E-state index contributed by atoms with van der Waals surface area (Å²) in [5, 5.41) is 9.46. The number of halogens is 3. The van der Waals surface area contributed by atoms with Gasteiger partial charge in [-0.25, -0.2) is 19.3 Å². The Kier molecular flexibility index (Phi) is 6.81. The minimum absolute atomic E-state index is 0.0576. The number of nitrogens with zero attached hydrogens (tertiary/aromatic N) is 4. The van der Waals surface area contributed by atoms with Crippen LogP contribution in [0.4, 0.5) is 13.2 Å². The Morgan fingerprint density at radius 3 is 2.55 bits per heavy atom. The fraction of sp³-hybridized carbons (Fsp3) is 0.357. The number of pyridine rings is 1. The molecule has 0 spiro atoms. The molecule has 5 rings (SSSR count). The fourth-order valence-electron chi connectivity index (χ4n) is 5.11. The number of carbonyl (C=O) groups is 1. The maximum Gasteiger partial charge on any atom is 0.387 e. The molecule has 0 amide bonds. The molecule has 0 atom stereocenters. The van der Waals surface area contributed by atoms with Gasteiger partial charge in [-0.3, -0.25) is 4.79 Å². The van der Waals surface area contributed by atoms with Crippen LogP contribution in [0.3, 0.4) is 0 Å². The van der Waals surface area contributed by atoms with E-state index in [0.717, 1.165) is 0 Å². The second-order valence-electron chi connectivity index (χ2n) is 10.0. The Balaban J connectivity index is 1.43. The number of ether oxygens (including phenoxy) is 1. The Bertz CT molecular complexity index is 1480. The summed E-state index contributed by atoms with van der Waals surface area (Å²) in [5.74, 6) is -0.506. The molecule has 38 heavy (non-hydrogen) atoms. The van der Waals surface area contributed by atoms with Crippen LogP contribution in [-0.4, -0.2) is 37.0 Å². The summed E-state index contributed by atoms with van der Waals surface area (Å²) in [5.41, 5.74) is 2.36. The van der Waals surface area contributed by atoms with E-state index >= 15 is 4.39 Å². The van der Waals surface area contributed by atoms with E-state index in [-0.39, 0.29) is 23.7 Å². The number of rotatable bonds is 7. The van der Waals surface area contributed by atoms with Crippen LogP contribution in [0.2, 0.25) is 0 Å². The number of carboxylic acids is 1. The maximum atomic E-state index is 15.1. The number of hydrogen-bond acceptors (Lipinski definition) is 5. The summed E-state index contributed by atoms with van der Waals surface area (Å²) in [4.78, 5) is 25.0. The summed E-state index contributed by atoms with van der Waals surface area (Å²) < 4.78 is 47.3. The van der Waals surface area contributed by atoms with Crippen LogP contribution in [0, 0.1) is 18.2 Å². The van der Waals surface area contributed by atoms with Gasteiger partial charge < -0.3 is 14.2 Å². The highest BCUT2D eigenvalue weighted by molar-refractivity contribution is 5.74. The van der Waals surface area contributed by atoms with Gasteiger partial charge in [-0.2, -0.15) is 8.78 Å². The maximum absolute atomic E-state index is 15.1. The molecule has 1 fully saturated rings. The van der Waals surface area contributed by atoms with E-state index in [4.69, 9.17) is 0 Å². The molecule has 1 aliphatic carbocycles. The highest BCUT2D eigenvalue weighted by Crippen LogP contribution is 2.42. The van der Waals surface area contributed by atoms with E-state index in [9.17, 15) is 18.7 Å². The highest BCUT2D eigenvalue weighted by Gasteiger charge is 2.38. The average Bonchev–Trinajstić information content (AvgIpc) is 3.18. The van der Waals surface area contributed by atoms with Crippen LogP contribution in [0.1, 0.15) is 61.3 Å². The molecule has 3 aromatic heterocycles. The van der Waals surface area contributed by atoms with Gasteiger partial charge in [-0.1, -0.05) is 18.2 Å². The van der Waals surface area contributed by atoms with Crippen molar-refractivity contribution in [2.75, 3.05) is 0 Å². The van der Waals surface area contributed by atoms with Crippen molar-refractivity contribution < 1.29 is 27.8 Å². The van der Waals surface area contributed by atoms with Gasteiger partial charge in [0.05, 0.1) is 11.1 Å². The number of aliphatic carboxylic acids is 1. The average molecular weight is 525 g/mol. The fourth-order valence-corrected chi connectivity index (χ4v) is 5.11. The summed E-state index contributed by atoms with van der Waals surface area (Å²) in [6.07, 6.45) is 7.49. The molecule has 0 bridgehead atoms. The zero-order valence-corrected chi connectivity index (χ0v) is 21.0. The number of alkyl halides is 2. The van der Waals surface area contributed by atoms with Crippen molar-refractivity contribution >= 4 is 11.6 Å². The van der Waals surface area contributed by atoms with Crippen LogP contribution in [0.15, 0.2) is 48.9 Å². The zero-order chi connectivity index (χ0) is 27.0. The van der Waals surface area contributed by atoms with Crippen LogP contribution in [-0.2, 0) is 11.2 Å². The lowest BCUT2D eigenvalue weighted by molar-refractivity contribution is -0.150. The molecule has 198 valence electrons. The first kappa shape index (κ1) is 25.7. The van der Waals surface area contributed by atoms with Gasteiger partial charge in [0, 0.05) is 59.4 Å². The molecule has 0 radical (unpaired) electrons. The van der Waals surface area contributed by atoms with E-state index in [1.165, 1.54) is 12.1 Å². The third kappa shape index (κ3) is 4.94. The van der Waals surface area contributed by atoms with Crippen molar-refractivity contribution in [2.45, 2.75) is 58.5 Å². The van der Waals surface area contributed by atoms with Gasteiger partial charge in [-0.15, -0.1) is 0 Å². The number of para-hydroxylation sites is 1. The molecule has 1 N–H and O–H groups in total. The van der Waals surface area contributed by atoms with Gasteiger partial charge >= 0.3 is 12.6 Å². The third-order valence-electron chi connectivity index (χ3n) is 7.51. The summed E-state index contributed by atoms with van der Waals surface area (Å²) in [6, 6.07) is 7.88. The van der Waals surface area contributed by atoms with Crippen LogP contribution in [0.5, 0.6) is 5.75 Å². The minimum Gasteiger partial charge on any atom is -0.481 e. The molecule has 1 aromatic carbocycles. The van der Waals surface area contributed by atoms with Crippen LogP contribution in [0.25, 0.3) is 16.8 Å². The molecule has 10 heteroatoms. The summed E-state index contributed by atoms with van der Waals surface area (Å²) in [7, 11) is 0. The van der Waals surface area contributed by atoms with Gasteiger partial charge in [0.15, 0.2) is 0 Å². The molecule has 1 aliphatic rings. The molecule has 0 unspecified atom stereocenters. The van der Waals surface area contributed by atoms with E-state index in [2.05, 4.69) is 19.7 Å². The third-order valence-corrected chi connectivity index (χ3v) is 7.51. The second kappa shape index (κ2) is 10.1. The number of aromatic nitrogens is 4. The van der Waals surface area contributed by atoms with Gasteiger partial charge in [0.25, 0.3) is 0 Å². The zero-order valence-electron chi connectivity index (χ0n) is 21.0. The SMILES string of the molecule is Cc1nc2cc(F)c(-c3cnc([C@H]4CC[C@](C)(C(=O)O)CC4)nc3)cn2c1Cc1ccccc1OC(F)F. The first-order valence-corrected chi connectivity index (χ1v) is 12.4. The molecular formula is C28H27F3N4O3. The second-order valence-corrected chi connectivity index (χ2v) is 10.0. The molecule has 0 saturated heterocycles. The number of hydrogen-bond donors (Lipinski definition) is 1. The normalized spacial score (nSPS) is 19.7. The number of benzene rings is 1. The number of carboxylic acid groups (broad SMARTS) is 1. The van der Waals surface area contributed by atoms with Crippen molar-refractivity contribution in [3.63, 3.8) is 0 Å². The van der Waals surface area contributed by atoms with E-state index < -0.39 is 23.8 Å². The first-order chi connectivity index (χ1) is 18.1. The number of imidazole rings is 1. The lowest BCUT2D eigenvalue weighted by Crippen LogP contribution is -2.32. The van der Waals surface area contributed by atoms with Crippen molar-refractivity contribution in [1.29, 1.82) is 0 Å². The van der Waals surface area contributed by atoms with Gasteiger partial charge in [-0.05, 0) is 45.6 Å². The van der Waals surface area contributed by atoms with Gasteiger partial charge in [0.2, 0.25) is 0 Å². The topological polar surface area (TPSA) is 89.6 Å². The molecular weight excluding hydrogens is 497 g/mol. The molecule has 1 saturated carbocycles. The van der Waals surface area contributed by atoms with Crippen LogP contribution < -0.4 is 4.74 Å². The smallest absolute Gasteiger partial charge is 0.387 e. The predicted octanol–water partition coefficient (Wildman–Crippen LogP) is 6.18. The quantitative estimate of drug-likeness (QED) is 0.311. The van der Waals surface area contributed by atoms with Crippen molar-refractivity contribution in [3.8, 4) is 16.9 Å². The van der Waals surface area contributed by atoms with E-state index in [0.29, 0.717) is 59.7 Å². The Labute approximate surface area is 217 Å². The molecule has 7 nitrogen and oxygen atoms in total. The van der Waals surface area contributed by atoms with E-state index in [1.807, 2.05) is 0 Å². The summed E-state index contributed by atoms with van der Waals surface area (Å²) in [6.45, 7) is 0.609. The molecule has 3 heterocycles. The highest BCUT2D eigenvalue weighted by atomic mass is 19.3. The Hall–Kier alpha value is -3.95. The van der Waals surface area contributed by atoms with Crippen molar-refractivity contribution in [3.05, 3.63) is 77.5 Å². The standard InChI is InChI=1S/C28H27F3N4O3/c1-16-22(11-18-5-3-4-6-23(18)38-27(30)31)35-15-20(21(29)12-24(35)34-16)19-13-32-25(33-14-19)17-7-9-28(2,10-8-17)26(36)37/h3-6,12-15,17,27H,7-11H2,1-2H3,(H,36,37)/t17-,28-. The predicted molar refractivity (Wildman–Crippen MR) is 134 cm³/mol. The lowest BCUT2D eigenvalue weighted by Gasteiger charge is -2.33. The Morgan fingerprint density at radius 1 is 1.21 bits per heavy atom. The molecule has 0 aliphatic heterocycles. The van der Waals surface area contributed by atoms with Crippen molar-refractivity contribution in [1.82, 2.24) is 19.4 Å². The molecule has 4 aromatic rings. The Morgan fingerprint density at radius 2 is 1.89 bits per heavy atom. The lowest BCUT2D eigenvalue weighted by atomic mass is 9.71. The van der Waals surface area contributed by atoms with Crippen molar-refractivity contribution in [2.24, 2.45) is 5.41 Å². The summed E-state index contributed by atoms with van der Waals surface area (Å²) >= 11 is 0. The largest absolute Gasteiger partial charge is 0.481 e. The number of aryl methyl sites for hydroxylation is 1. The monoisotopic (exact) mass is 524 g/mol.